The number of aliphatic hydroxyl groups excluding tert-OH is 1. The molecule has 3 heterocycles. The number of aliphatic hydroxyl groups is 1. The van der Waals surface area contributed by atoms with Gasteiger partial charge in [-0.1, -0.05) is 0 Å². The van der Waals surface area contributed by atoms with Crippen LogP contribution in [0.2, 0.25) is 0 Å². The lowest BCUT2D eigenvalue weighted by atomic mass is 10.1. The highest BCUT2D eigenvalue weighted by Crippen LogP contribution is 2.22. The summed E-state index contributed by atoms with van der Waals surface area (Å²) in [6.45, 7) is 0.431. The quantitative estimate of drug-likeness (QED) is 0.697. The van der Waals surface area contributed by atoms with Crippen molar-refractivity contribution in [2.45, 2.75) is 6.54 Å². The van der Waals surface area contributed by atoms with E-state index >= 15 is 0 Å². The summed E-state index contributed by atoms with van der Waals surface area (Å²) in [7, 11) is 0. The third kappa shape index (κ3) is 2.00. The number of rotatable bonds is 3. The van der Waals surface area contributed by atoms with Crippen LogP contribution in [0.5, 0.6) is 0 Å². The first-order valence-electron chi connectivity index (χ1n) is 5.75. The molecule has 0 saturated heterocycles. The maximum atomic E-state index is 11.7. The van der Waals surface area contributed by atoms with E-state index in [2.05, 4.69) is 20.1 Å². The summed E-state index contributed by atoms with van der Waals surface area (Å²) in [5.74, 6) is 0. The Balaban J connectivity index is 2.19. The third-order valence-electron chi connectivity index (χ3n) is 2.79. The number of aromatic amines is 1. The van der Waals surface area contributed by atoms with Gasteiger partial charge in [-0.25, -0.2) is 4.98 Å². The number of nitrogens with zero attached hydrogens (tertiary/aromatic N) is 4. The summed E-state index contributed by atoms with van der Waals surface area (Å²) in [6.07, 6.45) is 6.33. The molecule has 96 valence electrons. The average Bonchev–Trinajstić information content (AvgIpc) is 2.88. The van der Waals surface area contributed by atoms with Crippen LogP contribution in [0.15, 0.2) is 35.8 Å². The number of nitrogens with one attached hydrogen (secondary N) is 1. The van der Waals surface area contributed by atoms with Crippen LogP contribution in [-0.4, -0.2) is 36.4 Å². The van der Waals surface area contributed by atoms with Crippen molar-refractivity contribution in [3.05, 3.63) is 41.3 Å². The van der Waals surface area contributed by atoms with Gasteiger partial charge < -0.3 is 10.1 Å². The second kappa shape index (κ2) is 4.62. The van der Waals surface area contributed by atoms with Crippen molar-refractivity contribution >= 4 is 10.9 Å². The van der Waals surface area contributed by atoms with Crippen LogP contribution in [0.1, 0.15) is 0 Å². The van der Waals surface area contributed by atoms with Crippen LogP contribution in [0.3, 0.4) is 0 Å². The largest absolute Gasteiger partial charge is 0.394 e. The zero-order chi connectivity index (χ0) is 13.2. The second-order valence-corrected chi connectivity index (χ2v) is 4.00. The van der Waals surface area contributed by atoms with Crippen LogP contribution in [0.25, 0.3) is 22.2 Å². The average molecular weight is 257 g/mol. The fraction of sp³-hybridized carbons (Fsp3) is 0.167. The van der Waals surface area contributed by atoms with Gasteiger partial charge in [0.1, 0.15) is 5.52 Å². The Labute approximate surface area is 107 Å². The van der Waals surface area contributed by atoms with Gasteiger partial charge in [0.05, 0.1) is 36.8 Å². The van der Waals surface area contributed by atoms with Gasteiger partial charge in [0.15, 0.2) is 0 Å². The zero-order valence-corrected chi connectivity index (χ0v) is 9.95. The van der Waals surface area contributed by atoms with Crippen molar-refractivity contribution in [3.63, 3.8) is 0 Å². The van der Waals surface area contributed by atoms with Crippen LogP contribution < -0.4 is 5.56 Å². The van der Waals surface area contributed by atoms with E-state index in [-0.39, 0.29) is 12.2 Å². The molecule has 2 N–H and O–H groups in total. The molecule has 0 amide bonds. The van der Waals surface area contributed by atoms with E-state index in [9.17, 15) is 4.79 Å². The molecule has 0 fully saturated rings. The van der Waals surface area contributed by atoms with E-state index in [4.69, 9.17) is 5.11 Å². The van der Waals surface area contributed by atoms with Crippen molar-refractivity contribution in [1.82, 2.24) is 24.7 Å². The standard InChI is InChI=1S/C12H11N5O2/c18-4-3-17-6-8(5-16-17)10-11-9(1-2-13-10)12(19)15-7-14-11/h1-2,5-7,18H,3-4H2,(H,14,15,19). The molecule has 19 heavy (non-hydrogen) atoms. The van der Waals surface area contributed by atoms with E-state index in [0.29, 0.717) is 23.1 Å². The predicted octanol–water partition coefficient (Wildman–Crippen LogP) is 0.174. The molecule has 3 aromatic rings. The lowest BCUT2D eigenvalue weighted by Crippen LogP contribution is -2.07. The van der Waals surface area contributed by atoms with E-state index < -0.39 is 0 Å². The summed E-state index contributed by atoms with van der Waals surface area (Å²) in [5, 5.41) is 13.5. The molecule has 7 nitrogen and oxygen atoms in total. The summed E-state index contributed by atoms with van der Waals surface area (Å²) in [4.78, 5) is 22.7. The molecule has 7 heteroatoms. The predicted molar refractivity (Wildman–Crippen MR) is 68.5 cm³/mol. The Morgan fingerprint density at radius 1 is 1.37 bits per heavy atom. The van der Waals surface area contributed by atoms with Crippen LogP contribution in [0, 0.1) is 0 Å². The highest BCUT2D eigenvalue weighted by Gasteiger charge is 2.10. The Bertz CT molecular complexity index is 777. The molecule has 0 radical (unpaired) electrons. The molecule has 0 saturated carbocycles. The van der Waals surface area contributed by atoms with Gasteiger partial charge in [-0.3, -0.25) is 14.5 Å². The second-order valence-electron chi connectivity index (χ2n) is 4.00. The molecule has 0 aromatic carbocycles. The molecule has 0 aliphatic rings. The lowest BCUT2D eigenvalue weighted by Gasteiger charge is -2.01. The maximum absolute atomic E-state index is 11.7. The van der Waals surface area contributed by atoms with Gasteiger partial charge in [0, 0.05) is 18.0 Å². The minimum Gasteiger partial charge on any atom is -0.394 e. The monoisotopic (exact) mass is 257 g/mol. The first-order chi connectivity index (χ1) is 9.29. The number of hydrogen-bond donors (Lipinski definition) is 2. The summed E-state index contributed by atoms with van der Waals surface area (Å²) in [6, 6.07) is 1.63. The lowest BCUT2D eigenvalue weighted by molar-refractivity contribution is 0.269. The fourth-order valence-electron chi connectivity index (χ4n) is 1.92. The van der Waals surface area contributed by atoms with Gasteiger partial charge in [0.2, 0.25) is 0 Å². The SMILES string of the molecule is O=c1[nH]cnc2c(-c3cnn(CCO)c3)nccc12. The Kier molecular flexibility index (Phi) is 2.81. The molecule has 0 atom stereocenters. The summed E-state index contributed by atoms with van der Waals surface area (Å²) < 4.78 is 1.61. The Hall–Kier alpha value is -2.54. The van der Waals surface area contributed by atoms with E-state index in [1.54, 1.807) is 29.3 Å². The number of fused-ring (bicyclic) bond motifs is 1. The molecule has 3 rings (SSSR count). The van der Waals surface area contributed by atoms with Gasteiger partial charge in [-0.15, -0.1) is 0 Å². The van der Waals surface area contributed by atoms with Gasteiger partial charge in [-0.2, -0.15) is 5.10 Å². The van der Waals surface area contributed by atoms with Crippen molar-refractivity contribution < 1.29 is 5.11 Å². The van der Waals surface area contributed by atoms with Crippen LogP contribution in [0.4, 0.5) is 0 Å². The number of pyridine rings is 1. The molecule has 3 aromatic heterocycles. The van der Waals surface area contributed by atoms with Crippen LogP contribution in [-0.2, 0) is 6.54 Å². The van der Waals surface area contributed by atoms with Gasteiger partial charge in [0.25, 0.3) is 5.56 Å². The smallest absolute Gasteiger partial charge is 0.258 e. The van der Waals surface area contributed by atoms with Gasteiger partial charge >= 0.3 is 0 Å². The maximum Gasteiger partial charge on any atom is 0.258 e. The van der Waals surface area contributed by atoms with E-state index in [1.165, 1.54) is 6.33 Å². The molecule has 0 bridgehead atoms. The number of H-pyrrole nitrogens is 1. The minimum absolute atomic E-state index is 0.0159. The van der Waals surface area contributed by atoms with E-state index in [0.717, 1.165) is 5.56 Å². The Morgan fingerprint density at radius 3 is 3.11 bits per heavy atom. The van der Waals surface area contributed by atoms with Crippen LogP contribution >= 0.6 is 0 Å². The molecule has 0 aliphatic carbocycles. The van der Waals surface area contributed by atoms with E-state index in [1.807, 2.05) is 0 Å². The molecule has 0 aliphatic heterocycles. The first kappa shape index (κ1) is 11.5. The molecule has 0 spiro atoms. The molecular weight excluding hydrogens is 246 g/mol. The van der Waals surface area contributed by atoms with Crippen molar-refractivity contribution in [1.29, 1.82) is 0 Å². The number of aromatic nitrogens is 5. The minimum atomic E-state index is -0.198. The summed E-state index contributed by atoms with van der Waals surface area (Å²) in [5.41, 5.74) is 1.70. The highest BCUT2D eigenvalue weighted by molar-refractivity contribution is 5.89. The summed E-state index contributed by atoms with van der Waals surface area (Å²) >= 11 is 0. The van der Waals surface area contributed by atoms with Crippen molar-refractivity contribution in [2.24, 2.45) is 0 Å². The van der Waals surface area contributed by atoms with Crippen molar-refractivity contribution in [2.75, 3.05) is 6.61 Å². The molecule has 0 unspecified atom stereocenters. The Morgan fingerprint density at radius 2 is 2.26 bits per heavy atom. The van der Waals surface area contributed by atoms with Gasteiger partial charge in [-0.05, 0) is 6.07 Å². The third-order valence-corrected chi connectivity index (χ3v) is 2.79. The normalized spacial score (nSPS) is 11.0. The zero-order valence-electron chi connectivity index (χ0n) is 9.95. The first-order valence-corrected chi connectivity index (χ1v) is 5.75. The topological polar surface area (TPSA) is 96.7 Å². The fourth-order valence-corrected chi connectivity index (χ4v) is 1.92. The highest BCUT2D eigenvalue weighted by atomic mass is 16.3. The van der Waals surface area contributed by atoms with Crippen molar-refractivity contribution in [3.8, 4) is 11.3 Å². The number of hydrogen-bond acceptors (Lipinski definition) is 5. The molecular formula is C12H11N5O2.